The van der Waals surface area contributed by atoms with Crippen molar-refractivity contribution in [2.45, 2.75) is 20.5 Å². The van der Waals surface area contributed by atoms with Gasteiger partial charge in [0.25, 0.3) is 5.52 Å². The highest BCUT2D eigenvalue weighted by molar-refractivity contribution is 6.16. The van der Waals surface area contributed by atoms with E-state index in [1.807, 2.05) is 30.3 Å². The number of rotatable bonds is 4. The number of fused-ring (bicyclic) bond motifs is 3. The summed E-state index contributed by atoms with van der Waals surface area (Å²) in [5.74, 6) is -0.127. The van der Waals surface area contributed by atoms with Crippen LogP contribution in [0.25, 0.3) is 21.9 Å². The fourth-order valence-electron chi connectivity index (χ4n) is 3.12. The number of ketones is 1. The fourth-order valence-corrected chi connectivity index (χ4v) is 3.12. The molecular weight excluding hydrogens is 322 g/mol. The first-order valence-corrected chi connectivity index (χ1v) is 7.79. The molecule has 0 aliphatic heterocycles. The Kier molecular flexibility index (Phi) is 3.42. The monoisotopic (exact) mass is 337 g/mol. The Bertz CT molecular complexity index is 1100. The van der Waals surface area contributed by atoms with E-state index in [1.165, 1.54) is 6.92 Å². The van der Waals surface area contributed by atoms with E-state index in [-0.39, 0.29) is 11.3 Å². The number of hydrogen-bond acceptors (Lipinski definition) is 5. The molecule has 0 aliphatic carbocycles. The average molecular weight is 337 g/mol. The zero-order chi connectivity index (χ0) is 17.6. The minimum atomic E-state index is -0.127. The Morgan fingerprint density at radius 2 is 2.04 bits per heavy atom. The van der Waals surface area contributed by atoms with Crippen molar-refractivity contribution in [1.82, 2.24) is 9.89 Å². The van der Waals surface area contributed by atoms with Crippen molar-refractivity contribution < 1.29 is 19.2 Å². The number of nitrogens with zero attached hydrogens (tertiary/aromatic N) is 3. The van der Waals surface area contributed by atoms with Crippen LogP contribution in [0.15, 0.2) is 47.1 Å². The van der Waals surface area contributed by atoms with Gasteiger partial charge in [0.15, 0.2) is 5.78 Å². The summed E-state index contributed by atoms with van der Waals surface area (Å²) in [4.78, 5) is 18.5. The molecule has 0 radical (unpaired) electrons. The average Bonchev–Trinajstić information content (AvgIpc) is 3.11. The van der Waals surface area contributed by atoms with Gasteiger partial charge in [0, 0.05) is 5.16 Å². The van der Waals surface area contributed by atoms with Crippen molar-refractivity contribution >= 4 is 27.7 Å². The third-order valence-electron chi connectivity index (χ3n) is 4.23. The predicted octanol–water partition coefficient (Wildman–Crippen LogP) is 2.56. The molecule has 2 aromatic heterocycles. The quantitative estimate of drug-likeness (QED) is 0.422. The second-order valence-corrected chi connectivity index (χ2v) is 5.83. The SMILES string of the molecule is CC(=O)c1c(C)n(OCc2ccccc2)c2ccc3c(no[n+]3[O-])c12. The molecule has 0 fully saturated rings. The van der Waals surface area contributed by atoms with Crippen LogP contribution in [0.4, 0.5) is 0 Å². The summed E-state index contributed by atoms with van der Waals surface area (Å²) in [6.07, 6.45) is 0. The summed E-state index contributed by atoms with van der Waals surface area (Å²) >= 11 is 0. The Hall–Kier alpha value is -3.35. The first kappa shape index (κ1) is 15.2. The maximum absolute atomic E-state index is 12.2. The van der Waals surface area contributed by atoms with Crippen LogP contribution >= 0.6 is 0 Å². The largest absolute Gasteiger partial charge is 0.409 e. The van der Waals surface area contributed by atoms with Gasteiger partial charge in [0.05, 0.1) is 22.2 Å². The van der Waals surface area contributed by atoms with E-state index >= 15 is 0 Å². The normalized spacial score (nSPS) is 11.3. The van der Waals surface area contributed by atoms with Gasteiger partial charge in [-0.05, 0) is 36.4 Å². The van der Waals surface area contributed by atoms with Crippen molar-refractivity contribution in [3.8, 4) is 0 Å². The summed E-state index contributed by atoms with van der Waals surface area (Å²) in [5, 5.41) is 16.1. The Balaban J connectivity index is 1.91. The molecule has 4 aromatic rings. The molecule has 0 saturated heterocycles. The van der Waals surface area contributed by atoms with Gasteiger partial charge < -0.3 is 10.0 Å². The zero-order valence-electron chi connectivity index (χ0n) is 13.7. The predicted molar refractivity (Wildman–Crippen MR) is 89.9 cm³/mol. The molecule has 4 rings (SSSR count). The van der Waals surface area contributed by atoms with Crippen molar-refractivity contribution in [2.75, 3.05) is 0 Å². The first-order valence-electron chi connectivity index (χ1n) is 7.79. The second kappa shape index (κ2) is 5.62. The second-order valence-electron chi connectivity index (χ2n) is 5.83. The fraction of sp³-hybridized carbons (Fsp3) is 0.167. The van der Waals surface area contributed by atoms with Crippen LogP contribution in [0.3, 0.4) is 0 Å². The number of carbonyl (C=O) groups excluding carboxylic acids is 1. The maximum atomic E-state index is 12.2. The topological polar surface area (TPSA) is 84.2 Å². The molecular formula is C18H15N3O4. The molecule has 0 bridgehead atoms. The van der Waals surface area contributed by atoms with Gasteiger partial charge in [0.2, 0.25) is 5.52 Å². The molecule has 0 saturated carbocycles. The molecule has 7 nitrogen and oxygen atoms in total. The highest BCUT2D eigenvalue weighted by Gasteiger charge is 2.25. The van der Waals surface area contributed by atoms with Gasteiger partial charge in [0.1, 0.15) is 6.61 Å². The molecule has 126 valence electrons. The third kappa shape index (κ3) is 2.32. The Labute approximate surface area is 142 Å². The van der Waals surface area contributed by atoms with Crippen molar-refractivity contribution in [3.05, 3.63) is 64.5 Å². The molecule has 0 atom stereocenters. The third-order valence-corrected chi connectivity index (χ3v) is 4.23. The van der Waals surface area contributed by atoms with Gasteiger partial charge >= 0.3 is 0 Å². The van der Waals surface area contributed by atoms with Crippen LogP contribution in [0.2, 0.25) is 0 Å². The van der Waals surface area contributed by atoms with E-state index < -0.39 is 0 Å². The molecule has 0 aliphatic rings. The minimum absolute atomic E-state index is 0.127. The van der Waals surface area contributed by atoms with Crippen LogP contribution in [0.1, 0.15) is 28.5 Å². The van der Waals surface area contributed by atoms with Gasteiger partial charge in [-0.25, -0.2) is 0 Å². The van der Waals surface area contributed by atoms with Crippen LogP contribution in [0.5, 0.6) is 0 Å². The standard InChI is InChI=1S/C18H15N3O4/c1-11-16(12(2)22)17-14(8-9-15-18(17)19-25-21(15)23)20(11)24-10-13-6-4-3-5-7-13/h3-9H,10H2,1-2H3. The van der Waals surface area contributed by atoms with Crippen molar-refractivity contribution in [2.24, 2.45) is 0 Å². The van der Waals surface area contributed by atoms with E-state index in [0.29, 0.717) is 39.2 Å². The molecule has 0 N–H and O–H groups in total. The molecule has 7 heteroatoms. The summed E-state index contributed by atoms with van der Waals surface area (Å²) in [6.45, 7) is 3.63. The van der Waals surface area contributed by atoms with E-state index in [2.05, 4.69) is 9.79 Å². The highest BCUT2D eigenvalue weighted by atomic mass is 16.8. The Morgan fingerprint density at radius 3 is 2.76 bits per heavy atom. The van der Waals surface area contributed by atoms with E-state index in [1.54, 1.807) is 23.8 Å². The number of Topliss-reactive ketones (excluding diaryl/α,β-unsaturated/α-hetero) is 1. The first-order chi connectivity index (χ1) is 12.1. The van der Waals surface area contributed by atoms with E-state index in [0.717, 1.165) is 5.56 Å². The summed E-state index contributed by atoms with van der Waals surface area (Å²) in [7, 11) is 0. The molecule has 0 amide bonds. The Morgan fingerprint density at radius 1 is 1.28 bits per heavy atom. The molecule has 25 heavy (non-hydrogen) atoms. The summed E-state index contributed by atoms with van der Waals surface area (Å²) in [5.41, 5.74) is 3.43. The zero-order valence-corrected chi connectivity index (χ0v) is 13.7. The minimum Gasteiger partial charge on any atom is -0.409 e. The van der Waals surface area contributed by atoms with Crippen LogP contribution in [0, 0.1) is 12.1 Å². The lowest BCUT2D eigenvalue weighted by Gasteiger charge is -2.10. The van der Waals surface area contributed by atoms with Crippen molar-refractivity contribution in [3.63, 3.8) is 0 Å². The van der Waals surface area contributed by atoms with Crippen molar-refractivity contribution in [1.29, 1.82) is 0 Å². The number of carbonyl (C=O) groups is 1. The van der Waals surface area contributed by atoms with Crippen LogP contribution in [-0.4, -0.2) is 15.7 Å². The van der Waals surface area contributed by atoms with Gasteiger partial charge in [-0.2, -0.15) is 4.73 Å². The summed E-state index contributed by atoms with van der Waals surface area (Å²) in [6, 6.07) is 13.1. The van der Waals surface area contributed by atoms with Gasteiger partial charge in [-0.15, -0.1) is 0 Å². The molecule has 0 unspecified atom stereocenters. The lowest BCUT2D eigenvalue weighted by atomic mass is 10.1. The van der Waals surface area contributed by atoms with E-state index in [4.69, 9.17) is 4.84 Å². The highest BCUT2D eigenvalue weighted by Crippen LogP contribution is 2.30. The molecule has 2 heterocycles. The number of aromatic nitrogens is 3. The van der Waals surface area contributed by atoms with Gasteiger partial charge in [-0.3, -0.25) is 9.42 Å². The van der Waals surface area contributed by atoms with E-state index in [9.17, 15) is 10.0 Å². The molecule has 0 spiro atoms. The lowest BCUT2D eigenvalue weighted by Crippen LogP contribution is -2.22. The van der Waals surface area contributed by atoms with Crippen LogP contribution in [-0.2, 0) is 6.61 Å². The number of hydrogen-bond donors (Lipinski definition) is 0. The molecule has 2 aromatic carbocycles. The lowest BCUT2D eigenvalue weighted by molar-refractivity contribution is -0.782. The summed E-state index contributed by atoms with van der Waals surface area (Å²) < 4.78 is 6.30. The number of benzene rings is 2. The maximum Gasteiger partial charge on any atom is 0.258 e. The van der Waals surface area contributed by atoms with Gasteiger partial charge in [-0.1, -0.05) is 30.3 Å². The van der Waals surface area contributed by atoms with Crippen LogP contribution < -0.4 is 9.74 Å². The smallest absolute Gasteiger partial charge is 0.258 e.